The third-order valence-corrected chi connectivity index (χ3v) is 5.18. The summed E-state index contributed by atoms with van der Waals surface area (Å²) >= 11 is 0. The van der Waals surface area contributed by atoms with E-state index in [0.29, 0.717) is 12.5 Å². The first-order valence-corrected chi connectivity index (χ1v) is 10.8. The van der Waals surface area contributed by atoms with Crippen LogP contribution in [0.5, 0.6) is 0 Å². The fourth-order valence-electron chi connectivity index (χ4n) is 3.18. The van der Waals surface area contributed by atoms with Gasteiger partial charge >= 0.3 is 0 Å². The summed E-state index contributed by atoms with van der Waals surface area (Å²) in [7, 11) is -3.31. The summed E-state index contributed by atoms with van der Waals surface area (Å²) in [6.45, 7) is 10.4. The second kappa shape index (κ2) is 8.45. The van der Waals surface area contributed by atoms with E-state index in [1.807, 2.05) is 4.57 Å². The van der Waals surface area contributed by atoms with Crippen molar-refractivity contribution in [3.8, 4) is 0 Å². The minimum absolute atomic E-state index is 0.182. The molecule has 2 heterocycles. The summed E-state index contributed by atoms with van der Waals surface area (Å²) in [4.78, 5) is 6.54. The largest absolute Gasteiger partial charge is 0.377 e. The van der Waals surface area contributed by atoms with Gasteiger partial charge < -0.3 is 9.30 Å². The zero-order valence-corrected chi connectivity index (χ0v) is 16.2. The van der Waals surface area contributed by atoms with Crippen LogP contribution in [0.2, 0.25) is 0 Å². The van der Waals surface area contributed by atoms with E-state index in [1.165, 1.54) is 6.26 Å². The van der Waals surface area contributed by atoms with E-state index in [0.717, 1.165) is 51.2 Å². The highest BCUT2D eigenvalue weighted by Crippen LogP contribution is 2.19. The van der Waals surface area contributed by atoms with Crippen LogP contribution in [0.1, 0.15) is 45.7 Å². The topological polar surface area (TPSA) is 64.4 Å². The molecule has 6 nitrogen and oxygen atoms in total. The van der Waals surface area contributed by atoms with Crippen LogP contribution >= 0.6 is 0 Å². The van der Waals surface area contributed by atoms with Crippen LogP contribution in [-0.4, -0.2) is 54.9 Å². The number of aromatic nitrogens is 2. The van der Waals surface area contributed by atoms with Crippen molar-refractivity contribution < 1.29 is 13.2 Å². The van der Waals surface area contributed by atoms with Crippen molar-refractivity contribution in [1.29, 1.82) is 0 Å². The van der Waals surface area contributed by atoms with Gasteiger partial charge in [-0.2, -0.15) is 0 Å². The van der Waals surface area contributed by atoms with Gasteiger partial charge in [0.2, 0.25) is 15.0 Å². The molecule has 0 N–H and O–H groups in total. The van der Waals surface area contributed by atoms with Gasteiger partial charge in [-0.15, -0.1) is 0 Å². The SMILES string of the molecule is CCCO[C@@H]1CCCN(Cc2cnc(S(C)(=O)=O)n2CC(C)C)C1. The third kappa shape index (κ3) is 5.29. The molecule has 138 valence electrons. The predicted molar refractivity (Wildman–Crippen MR) is 94.7 cm³/mol. The molecule has 1 aliphatic rings. The molecule has 1 atom stereocenters. The van der Waals surface area contributed by atoms with Crippen LogP contribution in [0, 0.1) is 5.92 Å². The normalized spacial score (nSPS) is 20.0. The molecule has 0 unspecified atom stereocenters. The maximum absolute atomic E-state index is 12.0. The molecule has 2 rings (SSSR count). The lowest BCUT2D eigenvalue weighted by atomic mass is 10.1. The average molecular weight is 358 g/mol. The molecule has 0 aliphatic carbocycles. The van der Waals surface area contributed by atoms with Gasteiger partial charge in [-0.3, -0.25) is 4.90 Å². The van der Waals surface area contributed by atoms with Gasteiger partial charge in [0.15, 0.2) is 0 Å². The lowest BCUT2D eigenvalue weighted by Crippen LogP contribution is -2.39. The number of sulfone groups is 1. The van der Waals surface area contributed by atoms with Crippen LogP contribution < -0.4 is 0 Å². The summed E-state index contributed by atoms with van der Waals surface area (Å²) in [5.74, 6) is 0.362. The Morgan fingerprint density at radius 2 is 2.17 bits per heavy atom. The van der Waals surface area contributed by atoms with Crippen molar-refractivity contribution in [1.82, 2.24) is 14.5 Å². The molecule has 0 spiro atoms. The number of ether oxygens (including phenoxy) is 1. The van der Waals surface area contributed by atoms with Crippen LogP contribution in [0.25, 0.3) is 0 Å². The Bertz CT molecular complexity index is 625. The molecule has 1 aliphatic heterocycles. The summed E-state index contributed by atoms with van der Waals surface area (Å²) in [5.41, 5.74) is 0.972. The molecule has 0 saturated carbocycles. The van der Waals surface area contributed by atoms with E-state index in [1.54, 1.807) is 6.20 Å². The van der Waals surface area contributed by atoms with Crippen molar-refractivity contribution >= 4 is 9.84 Å². The molecule has 1 aromatic rings. The van der Waals surface area contributed by atoms with Crippen molar-refractivity contribution in [2.45, 2.75) is 64.4 Å². The van der Waals surface area contributed by atoms with Gasteiger partial charge in [-0.1, -0.05) is 20.8 Å². The van der Waals surface area contributed by atoms with E-state index in [9.17, 15) is 8.42 Å². The Labute approximate surface area is 146 Å². The van der Waals surface area contributed by atoms with Gasteiger partial charge in [0.1, 0.15) is 0 Å². The minimum atomic E-state index is -3.31. The number of piperidine rings is 1. The Balaban J connectivity index is 2.12. The maximum Gasteiger partial charge on any atom is 0.227 e. The lowest BCUT2D eigenvalue weighted by molar-refractivity contribution is -0.00286. The van der Waals surface area contributed by atoms with Crippen molar-refractivity contribution in [2.24, 2.45) is 5.92 Å². The number of hydrogen-bond acceptors (Lipinski definition) is 5. The van der Waals surface area contributed by atoms with Crippen molar-refractivity contribution in [3.05, 3.63) is 11.9 Å². The summed E-state index contributed by atoms with van der Waals surface area (Å²) in [6, 6.07) is 0. The van der Waals surface area contributed by atoms with E-state index in [-0.39, 0.29) is 11.3 Å². The Morgan fingerprint density at radius 1 is 1.42 bits per heavy atom. The van der Waals surface area contributed by atoms with Gasteiger partial charge in [0.25, 0.3) is 0 Å². The molecule has 0 bridgehead atoms. The first-order chi connectivity index (χ1) is 11.3. The standard InChI is InChI=1S/C17H31N3O3S/c1-5-9-23-16-7-6-8-19(13-16)12-15-10-18-17(24(4,21)22)20(15)11-14(2)3/h10,14,16H,5-9,11-13H2,1-4H3/t16-/m1/s1. The Kier molecular flexibility index (Phi) is 6.83. The van der Waals surface area contributed by atoms with Gasteiger partial charge in [-0.05, 0) is 31.7 Å². The first kappa shape index (κ1) is 19.4. The second-order valence-electron chi connectivity index (χ2n) is 7.18. The number of likely N-dealkylation sites (tertiary alicyclic amines) is 1. The zero-order valence-electron chi connectivity index (χ0n) is 15.4. The molecule has 0 aromatic carbocycles. The smallest absolute Gasteiger partial charge is 0.227 e. The lowest BCUT2D eigenvalue weighted by Gasteiger charge is -2.32. The van der Waals surface area contributed by atoms with Crippen LogP contribution in [0.4, 0.5) is 0 Å². The molecule has 24 heavy (non-hydrogen) atoms. The molecule has 7 heteroatoms. The molecule has 1 fully saturated rings. The van der Waals surface area contributed by atoms with E-state index >= 15 is 0 Å². The summed E-state index contributed by atoms with van der Waals surface area (Å²) in [6.07, 6.45) is 6.49. The molecule has 0 amide bonds. The molecule has 1 aromatic heterocycles. The monoisotopic (exact) mass is 357 g/mol. The van der Waals surface area contributed by atoms with E-state index < -0.39 is 9.84 Å². The highest BCUT2D eigenvalue weighted by Gasteiger charge is 2.24. The molecule has 0 radical (unpaired) electrons. The quantitative estimate of drug-likeness (QED) is 0.714. The van der Waals surface area contributed by atoms with Crippen molar-refractivity contribution in [3.63, 3.8) is 0 Å². The minimum Gasteiger partial charge on any atom is -0.377 e. The average Bonchev–Trinajstić information content (AvgIpc) is 2.87. The summed E-state index contributed by atoms with van der Waals surface area (Å²) < 4.78 is 31.8. The zero-order chi connectivity index (χ0) is 17.7. The van der Waals surface area contributed by atoms with Crippen molar-refractivity contribution in [2.75, 3.05) is 26.0 Å². The fourth-order valence-corrected chi connectivity index (χ4v) is 4.02. The fraction of sp³-hybridized carbons (Fsp3) is 0.824. The third-order valence-electron chi connectivity index (χ3n) is 4.19. The Hall–Kier alpha value is -0.920. The predicted octanol–water partition coefficient (Wildman–Crippen LogP) is 2.33. The van der Waals surface area contributed by atoms with Crippen LogP contribution in [0.15, 0.2) is 11.4 Å². The van der Waals surface area contributed by atoms with Crippen LogP contribution in [0.3, 0.4) is 0 Å². The second-order valence-corrected chi connectivity index (χ2v) is 9.09. The highest BCUT2D eigenvalue weighted by atomic mass is 32.2. The molecule has 1 saturated heterocycles. The van der Waals surface area contributed by atoms with E-state index in [4.69, 9.17) is 4.74 Å². The molecular weight excluding hydrogens is 326 g/mol. The highest BCUT2D eigenvalue weighted by molar-refractivity contribution is 7.90. The first-order valence-electron chi connectivity index (χ1n) is 8.89. The van der Waals surface area contributed by atoms with Gasteiger partial charge in [-0.25, -0.2) is 13.4 Å². The maximum atomic E-state index is 12.0. The van der Waals surface area contributed by atoms with Gasteiger partial charge in [0, 0.05) is 32.5 Å². The number of nitrogens with zero attached hydrogens (tertiary/aromatic N) is 3. The van der Waals surface area contributed by atoms with E-state index in [2.05, 4.69) is 30.7 Å². The number of imidazole rings is 1. The van der Waals surface area contributed by atoms with Gasteiger partial charge in [0.05, 0.1) is 18.0 Å². The molecular formula is C17H31N3O3S. The number of rotatable bonds is 8. The number of hydrogen-bond donors (Lipinski definition) is 0. The summed E-state index contributed by atoms with van der Waals surface area (Å²) in [5, 5.41) is 0.182. The van der Waals surface area contributed by atoms with Crippen LogP contribution in [-0.2, 0) is 27.7 Å². The Morgan fingerprint density at radius 3 is 2.79 bits per heavy atom.